The Morgan fingerprint density at radius 1 is 1.35 bits per heavy atom. The molecule has 0 aliphatic carbocycles. The molecule has 0 aromatic carbocycles. The fourth-order valence-corrected chi connectivity index (χ4v) is 2.60. The lowest BCUT2D eigenvalue weighted by Crippen LogP contribution is -2.50. The Morgan fingerprint density at radius 3 is 2.78 bits per heavy atom. The molecule has 0 saturated carbocycles. The molecule has 0 spiro atoms. The van der Waals surface area contributed by atoms with Crippen molar-refractivity contribution in [3.8, 4) is 0 Å². The van der Waals surface area contributed by atoms with Crippen LogP contribution in [0.15, 0.2) is 23.0 Å². The largest absolute Gasteiger partial charge is 0.472 e. The summed E-state index contributed by atoms with van der Waals surface area (Å²) in [5, 5.41) is 0. The predicted molar refractivity (Wildman–Crippen MR) is 83.1 cm³/mol. The molecule has 2 rings (SSSR count). The van der Waals surface area contributed by atoms with Crippen LogP contribution in [-0.4, -0.2) is 35.7 Å². The van der Waals surface area contributed by atoms with Crippen LogP contribution < -0.4 is 10.9 Å². The Morgan fingerprint density at radius 2 is 2.13 bits per heavy atom. The smallest absolute Gasteiger partial charge is 0.257 e. The predicted octanol–water partition coefficient (Wildman–Crippen LogP) is 1.33. The van der Waals surface area contributed by atoms with Gasteiger partial charge in [-0.1, -0.05) is 13.8 Å². The molecule has 0 radical (unpaired) electrons. The number of hydrogen-bond acceptors (Lipinski definition) is 4. The Hall–Kier alpha value is -2.31. The molecular formula is C16H23N3O4. The van der Waals surface area contributed by atoms with Crippen molar-refractivity contribution in [2.75, 3.05) is 13.1 Å². The van der Waals surface area contributed by atoms with Crippen molar-refractivity contribution in [1.82, 2.24) is 15.8 Å². The molecule has 1 aromatic rings. The first-order valence-electron chi connectivity index (χ1n) is 7.87. The minimum Gasteiger partial charge on any atom is -0.472 e. The van der Waals surface area contributed by atoms with Crippen LogP contribution in [0.25, 0.3) is 0 Å². The zero-order valence-corrected chi connectivity index (χ0v) is 13.5. The fourth-order valence-electron chi connectivity index (χ4n) is 2.60. The van der Waals surface area contributed by atoms with Crippen molar-refractivity contribution >= 4 is 17.7 Å². The van der Waals surface area contributed by atoms with Crippen molar-refractivity contribution in [1.29, 1.82) is 0 Å². The van der Waals surface area contributed by atoms with E-state index in [2.05, 4.69) is 10.9 Å². The van der Waals surface area contributed by atoms with Crippen LogP contribution in [0.2, 0.25) is 0 Å². The third kappa shape index (κ3) is 4.84. The summed E-state index contributed by atoms with van der Waals surface area (Å²) in [7, 11) is 0. The highest BCUT2D eigenvalue weighted by atomic mass is 16.3. The monoisotopic (exact) mass is 321 g/mol. The highest BCUT2D eigenvalue weighted by Gasteiger charge is 2.29. The van der Waals surface area contributed by atoms with Gasteiger partial charge in [-0.25, -0.2) is 0 Å². The maximum atomic E-state index is 12.3. The van der Waals surface area contributed by atoms with Crippen molar-refractivity contribution in [3.63, 3.8) is 0 Å². The average Bonchev–Trinajstić information content (AvgIpc) is 3.05. The summed E-state index contributed by atoms with van der Waals surface area (Å²) in [4.78, 5) is 37.7. The lowest BCUT2D eigenvalue weighted by Gasteiger charge is -2.31. The Balaban J connectivity index is 1.84. The van der Waals surface area contributed by atoms with Gasteiger partial charge in [0, 0.05) is 19.5 Å². The molecule has 0 unspecified atom stereocenters. The van der Waals surface area contributed by atoms with Crippen LogP contribution in [0.5, 0.6) is 0 Å². The zero-order valence-electron chi connectivity index (χ0n) is 13.5. The summed E-state index contributed by atoms with van der Waals surface area (Å²) < 4.78 is 4.92. The van der Waals surface area contributed by atoms with Gasteiger partial charge in [0.1, 0.15) is 6.26 Å². The summed E-state index contributed by atoms with van der Waals surface area (Å²) in [6.07, 6.45) is 4.66. The van der Waals surface area contributed by atoms with Crippen molar-refractivity contribution < 1.29 is 18.8 Å². The van der Waals surface area contributed by atoms with Gasteiger partial charge in [0.25, 0.3) is 5.91 Å². The van der Waals surface area contributed by atoms with E-state index < -0.39 is 0 Å². The van der Waals surface area contributed by atoms with E-state index in [0.717, 1.165) is 6.42 Å². The highest BCUT2D eigenvalue weighted by molar-refractivity contribution is 5.94. The van der Waals surface area contributed by atoms with Crippen molar-refractivity contribution in [2.24, 2.45) is 11.8 Å². The first kappa shape index (κ1) is 17.1. The SMILES string of the molecule is CC(C)CC(=O)NNC(=O)[C@@H]1CCCN(C(=O)c2ccoc2)C1. The summed E-state index contributed by atoms with van der Waals surface area (Å²) in [6.45, 7) is 4.83. The standard InChI is InChI=1S/C16H23N3O4/c1-11(2)8-14(20)17-18-15(21)12-4-3-6-19(9-12)16(22)13-5-7-23-10-13/h5,7,10-12H,3-4,6,8-9H2,1-2H3,(H,17,20)(H,18,21)/t12-/m1/s1. The molecule has 1 atom stereocenters. The third-order valence-electron chi connectivity index (χ3n) is 3.77. The first-order chi connectivity index (χ1) is 11.0. The van der Waals surface area contributed by atoms with Gasteiger partial charge in [0.2, 0.25) is 11.8 Å². The number of hydrazine groups is 1. The van der Waals surface area contributed by atoms with Crippen LogP contribution in [0, 0.1) is 11.8 Å². The van der Waals surface area contributed by atoms with Gasteiger partial charge in [-0.05, 0) is 24.8 Å². The molecule has 1 aliphatic rings. The van der Waals surface area contributed by atoms with E-state index >= 15 is 0 Å². The van der Waals surface area contributed by atoms with Crippen molar-refractivity contribution in [2.45, 2.75) is 33.1 Å². The Labute approximate surface area is 135 Å². The number of nitrogens with zero attached hydrogens (tertiary/aromatic N) is 1. The lowest BCUT2D eigenvalue weighted by atomic mass is 9.97. The number of piperidine rings is 1. The first-order valence-corrected chi connectivity index (χ1v) is 7.87. The van der Waals surface area contributed by atoms with Crippen LogP contribution in [0.1, 0.15) is 43.5 Å². The molecule has 0 bridgehead atoms. The number of amides is 3. The van der Waals surface area contributed by atoms with E-state index in [9.17, 15) is 14.4 Å². The minimum atomic E-state index is -0.320. The summed E-state index contributed by atoms with van der Waals surface area (Å²) >= 11 is 0. The van der Waals surface area contributed by atoms with Crippen molar-refractivity contribution in [3.05, 3.63) is 24.2 Å². The number of furan rings is 1. The number of carbonyl (C=O) groups is 3. The molecule has 1 aliphatic heterocycles. The molecule has 1 aromatic heterocycles. The van der Waals surface area contributed by atoms with Gasteiger partial charge >= 0.3 is 0 Å². The number of rotatable bonds is 4. The zero-order chi connectivity index (χ0) is 16.8. The highest BCUT2D eigenvalue weighted by Crippen LogP contribution is 2.19. The molecule has 2 N–H and O–H groups in total. The average molecular weight is 321 g/mol. The number of likely N-dealkylation sites (tertiary alicyclic amines) is 1. The molecule has 1 fully saturated rings. The molecule has 2 heterocycles. The second-order valence-electron chi connectivity index (χ2n) is 6.24. The van der Waals surface area contributed by atoms with E-state index in [4.69, 9.17) is 4.42 Å². The van der Waals surface area contributed by atoms with Gasteiger partial charge in [-0.15, -0.1) is 0 Å². The maximum Gasteiger partial charge on any atom is 0.257 e. The van der Waals surface area contributed by atoms with Gasteiger partial charge < -0.3 is 9.32 Å². The number of hydrogen-bond donors (Lipinski definition) is 2. The van der Waals surface area contributed by atoms with E-state index in [1.807, 2.05) is 13.8 Å². The van der Waals surface area contributed by atoms with E-state index in [1.54, 1.807) is 11.0 Å². The van der Waals surface area contributed by atoms with Crippen LogP contribution >= 0.6 is 0 Å². The number of carbonyl (C=O) groups excluding carboxylic acids is 3. The second kappa shape index (κ2) is 7.80. The number of nitrogens with one attached hydrogen (secondary N) is 2. The quantitative estimate of drug-likeness (QED) is 0.818. The van der Waals surface area contributed by atoms with Crippen LogP contribution in [0.4, 0.5) is 0 Å². The Bertz CT molecular complexity index is 554. The molecule has 126 valence electrons. The van der Waals surface area contributed by atoms with E-state index in [0.29, 0.717) is 31.5 Å². The molecule has 1 saturated heterocycles. The van der Waals surface area contributed by atoms with Gasteiger partial charge in [-0.3, -0.25) is 25.2 Å². The van der Waals surface area contributed by atoms with Crippen LogP contribution in [-0.2, 0) is 9.59 Å². The summed E-state index contributed by atoms with van der Waals surface area (Å²) in [5.41, 5.74) is 5.37. The molecule has 3 amide bonds. The second-order valence-corrected chi connectivity index (χ2v) is 6.24. The van der Waals surface area contributed by atoms with Crippen LogP contribution in [0.3, 0.4) is 0 Å². The normalized spacial score (nSPS) is 17.9. The maximum absolute atomic E-state index is 12.3. The fraction of sp³-hybridized carbons (Fsp3) is 0.562. The third-order valence-corrected chi connectivity index (χ3v) is 3.77. The topological polar surface area (TPSA) is 91.7 Å². The molecular weight excluding hydrogens is 298 g/mol. The lowest BCUT2D eigenvalue weighted by molar-refractivity contribution is -0.132. The van der Waals surface area contributed by atoms with E-state index in [-0.39, 0.29) is 29.6 Å². The molecule has 7 heteroatoms. The molecule has 7 nitrogen and oxygen atoms in total. The van der Waals surface area contributed by atoms with Gasteiger partial charge in [-0.2, -0.15) is 0 Å². The summed E-state index contributed by atoms with van der Waals surface area (Å²) in [5.74, 6) is -0.703. The van der Waals surface area contributed by atoms with E-state index in [1.165, 1.54) is 12.5 Å². The van der Waals surface area contributed by atoms with Gasteiger partial charge in [0.15, 0.2) is 0 Å². The Kier molecular flexibility index (Phi) is 5.78. The minimum absolute atomic E-state index is 0.139. The van der Waals surface area contributed by atoms with Gasteiger partial charge in [0.05, 0.1) is 17.7 Å². The molecule has 23 heavy (non-hydrogen) atoms. The summed E-state index contributed by atoms with van der Waals surface area (Å²) in [6, 6.07) is 1.61.